The SMILES string of the molecule is CCCCN1C(C(N)=O)=C(c2ccc(F)cc2)SC1c1ccccc1. The third kappa shape index (κ3) is 3.71. The molecule has 5 heteroatoms. The molecular formula is C20H21FN2OS. The number of primary amides is 1. The minimum absolute atomic E-state index is 0.00435. The highest BCUT2D eigenvalue weighted by molar-refractivity contribution is 8.08. The van der Waals surface area contributed by atoms with Crippen molar-refractivity contribution < 1.29 is 9.18 Å². The Morgan fingerprint density at radius 3 is 2.44 bits per heavy atom. The molecule has 2 aromatic rings. The molecule has 0 aliphatic carbocycles. The van der Waals surface area contributed by atoms with E-state index in [0.717, 1.165) is 35.4 Å². The van der Waals surface area contributed by atoms with Gasteiger partial charge in [0.25, 0.3) is 5.91 Å². The van der Waals surface area contributed by atoms with Crippen molar-refractivity contribution in [2.24, 2.45) is 5.73 Å². The largest absolute Gasteiger partial charge is 0.364 e. The van der Waals surface area contributed by atoms with Gasteiger partial charge in [0.15, 0.2) is 0 Å². The minimum Gasteiger partial charge on any atom is -0.364 e. The quantitative estimate of drug-likeness (QED) is 0.827. The van der Waals surface area contributed by atoms with Crippen molar-refractivity contribution in [2.75, 3.05) is 6.54 Å². The topological polar surface area (TPSA) is 46.3 Å². The van der Waals surface area contributed by atoms with Crippen LogP contribution in [0.1, 0.15) is 36.3 Å². The van der Waals surface area contributed by atoms with Crippen molar-refractivity contribution >= 4 is 22.6 Å². The first-order valence-electron chi connectivity index (χ1n) is 8.40. The van der Waals surface area contributed by atoms with Crippen molar-refractivity contribution in [1.82, 2.24) is 4.90 Å². The maximum atomic E-state index is 13.3. The molecule has 1 aliphatic rings. The lowest BCUT2D eigenvalue weighted by atomic mass is 10.1. The Balaban J connectivity index is 2.05. The number of hydrogen-bond donors (Lipinski definition) is 1. The standard InChI is InChI=1S/C20H21FN2OS/c1-2-3-13-23-17(19(22)24)18(14-9-11-16(21)12-10-14)25-20(23)15-7-5-4-6-8-15/h4-12,20H,2-3,13H2,1H3,(H2,22,24). The maximum absolute atomic E-state index is 13.3. The van der Waals surface area contributed by atoms with Crippen LogP contribution in [-0.2, 0) is 4.79 Å². The first-order chi connectivity index (χ1) is 12.1. The van der Waals surface area contributed by atoms with Crippen LogP contribution in [0.15, 0.2) is 60.3 Å². The smallest absolute Gasteiger partial charge is 0.266 e. The summed E-state index contributed by atoms with van der Waals surface area (Å²) >= 11 is 1.60. The van der Waals surface area contributed by atoms with Gasteiger partial charge in [-0.15, -0.1) is 0 Å². The summed E-state index contributed by atoms with van der Waals surface area (Å²) in [5.74, 6) is -0.739. The molecular weight excluding hydrogens is 335 g/mol. The zero-order valence-electron chi connectivity index (χ0n) is 14.1. The highest BCUT2D eigenvalue weighted by Gasteiger charge is 2.36. The molecule has 1 unspecified atom stereocenters. The van der Waals surface area contributed by atoms with E-state index in [4.69, 9.17) is 5.73 Å². The number of unbranched alkanes of at least 4 members (excludes halogenated alkanes) is 1. The lowest BCUT2D eigenvalue weighted by Crippen LogP contribution is -2.31. The molecule has 2 N–H and O–H groups in total. The zero-order chi connectivity index (χ0) is 17.8. The molecule has 1 heterocycles. The first kappa shape index (κ1) is 17.5. The molecule has 0 radical (unpaired) electrons. The molecule has 1 amide bonds. The van der Waals surface area contributed by atoms with E-state index in [0.29, 0.717) is 5.70 Å². The van der Waals surface area contributed by atoms with Crippen LogP contribution >= 0.6 is 11.8 Å². The number of amides is 1. The summed E-state index contributed by atoms with van der Waals surface area (Å²) in [5, 5.41) is -0.00435. The van der Waals surface area contributed by atoms with E-state index >= 15 is 0 Å². The lowest BCUT2D eigenvalue weighted by molar-refractivity contribution is -0.116. The van der Waals surface area contributed by atoms with Crippen molar-refractivity contribution in [3.8, 4) is 0 Å². The summed E-state index contributed by atoms with van der Waals surface area (Å²) in [7, 11) is 0. The summed E-state index contributed by atoms with van der Waals surface area (Å²) in [6.45, 7) is 2.88. The summed E-state index contributed by atoms with van der Waals surface area (Å²) < 4.78 is 13.3. The van der Waals surface area contributed by atoms with Gasteiger partial charge in [0.05, 0.1) is 0 Å². The minimum atomic E-state index is -0.443. The summed E-state index contributed by atoms with van der Waals surface area (Å²) in [6, 6.07) is 16.3. The van der Waals surface area contributed by atoms with E-state index in [2.05, 4.69) is 24.0 Å². The van der Waals surface area contributed by atoms with E-state index < -0.39 is 5.91 Å². The monoisotopic (exact) mass is 356 g/mol. The third-order valence-corrected chi connectivity index (χ3v) is 5.61. The van der Waals surface area contributed by atoms with Crippen molar-refractivity contribution in [3.05, 3.63) is 77.2 Å². The average molecular weight is 356 g/mol. The van der Waals surface area contributed by atoms with Gasteiger partial charge in [0, 0.05) is 11.4 Å². The highest BCUT2D eigenvalue weighted by atomic mass is 32.2. The molecule has 0 bridgehead atoms. The third-order valence-electron chi connectivity index (χ3n) is 4.19. The normalized spacial score (nSPS) is 17.2. The van der Waals surface area contributed by atoms with Crippen molar-refractivity contribution in [1.29, 1.82) is 0 Å². The second-order valence-corrected chi connectivity index (χ2v) is 7.07. The van der Waals surface area contributed by atoms with Gasteiger partial charge >= 0.3 is 0 Å². The van der Waals surface area contributed by atoms with Crippen LogP contribution in [-0.4, -0.2) is 17.4 Å². The van der Waals surface area contributed by atoms with Gasteiger partial charge < -0.3 is 10.6 Å². The van der Waals surface area contributed by atoms with Crippen LogP contribution in [0.4, 0.5) is 4.39 Å². The van der Waals surface area contributed by atoms with Gasteiger partial charge in [-0.05, 0) is 29.7 Å². The molecule has 0 aromatic heterocycles. The predicted octanol–water partition coefficient (Wildman–Crippen LogP) is 4.53. The molecule has 130 valence electrons. The number of nitrogens with two attached hydrogens (primary N) is 1. The molecule has 25 heavy (non-hydrogen) atoms. The first-order valence-corrected chi connectivity index (χ1v) is 9.28. The number of carbonyl (C=O) groups excluding carboxylic acids is 1. The van der Waals surface area contributed by atoms with Gasteiger partial charge in [0.2, 0.25) is 0 Å². The van der Waals surface area contributed by atoms with E-state index in [9.17, 15) is 9.18 Å². The number of nitrogens with zero attached hydrogens (tertiary/aromatic N) is 1. The molecule has 2 aromatic carbocycles. The number of hydrogen-bond acceptors (Lipinski definition) is 3. The van der Waals surface area contributed by atoms with E-state index in [1.54, 1.807) is 23.9 Å². The molecule has 0 spiro atoms. The fourth-order valence-electron chi connectivity index (χ4n) is 2.96. The fraction of sp³-hybridized carbons (Fsp3) is 0.250. The number of thioether (sulfide) groups is 1. The summed E-state index contributed by atoms with van der Waals surface area (Å²) in [5.41, 5.74) is 8.20. The zero-order valence-corrected chi connectivity index (χ0v) is 14.9. The van der Waals surface area contributed by atoms with E-state index in [1.165, 1.54) is 12.1 Å². The number of carbonyl (C=O) groups is 1. The van der Waals surface area contributed by atoms with E-state index in [-0.39, 0.29) is 11.2 Å². The van der Waals surface area contributed by atoms with Crippen LogP contribution in [0.25, 0.3) is 4.91 Å². The second kappa shape index (κ2) is 7.74. The number of benzene rings is 2. The van der Waals surface area contributed by atoms with Crippen molar-refractivity contribution in [3.63, 3.8) is 0 Å². The van der Waals surface area contributed by atoms with Gasteiger partial charge in [0.1, 0.15) is 16.9 Å². The Morgan fingerprint density at radius 1 is 1.16 bits per heavy atom. The number of rotatable bonds is 6. The van der Waals surface area contributed by atoms with Crippen molar-refractivity contribution in [2.45, 2.75) is 25.1 Å². The Labute approximate surface area is 151 Å². The fourth-order valence-corrected chi connectivity index (χ4v) is 4.42. The van der Waals surface area contributed by atoms with Crippen LogP contribution in [0.3, 0.4) is 0 Å². The highest BCUT2D eigenvalue weighted by Crippen LogP contribution is 2.51. The molecule has 0 saturated heterocycles. The van der Waals surface area contributed by atoms with Crippen LogP contribution in [0.5, 0.6) is 0 Å². The lowest BCUT2D eigenvalue weighted by Gasteiger charge is -2.27. The summed E-state index contributed by atoms with van der Waals surface area (Å²) in [6.07, 6.45) is 2.00. The van der Waals surface area contributed by atoms with Crippen LogP contribution in [0, 0.1) is 5.82 Å². The van der Waals surface area contributed by atoms with E-state index in [1.807, 2.05) is 18.2 Å². The average Bonchev–Trinajstić information content (AvgIpc) is 3.01. The Hall–Kier alpha value is -2.27. The molecule has 3 rings (SSSR count). The maximum Gasteiger partial charge on any atom is 0.266 e. The molecule has 1 aliphatic heterocycles. The van der Waals surface area contributed by atoms with Gasteiger partial charge in [-0.3, -0.25) is 4.79 Å². The second-order valence-electron chi connectivity index (χ2n) is 5.98. The number of halogens is 1. The predicted molar refractivity (Wildman–Crippen MR) is 101 cm³/mol. The molecule has 1 atom stereocenters. The van der Waals surface area contributed by atoms with Gasteiger partial charge in [-0.2, -0.15) is 0 Å². The Bertz CT molecular complexity index is 774. The molecule has 0 saturated carbocycles. The Morgan fingerprint density at radius 2 is 1.84 bits per heavy atom. The van der Waals surface area contributed by atoms with Crippen LogP contribution in [0.2, 0.25) is 0 Å². The van der Waals surface area contributed by atoms with Gasteiger partial charge in [-0.1, -0.05) is 67.6 Å². The summed E-state index contributed by atoms with van der Waals surface area (Å²) in [4.78, 5) is 15.1. The molecule has 3 nitrogen and oxygen atoms in total. The van der Waals surface area contributed by atoms with Gasteiger partial charge in [-0.25, -0.2) is 4.39 Å². The molecule has 0 fully saturated rings. The van der Waals surface area contributed by atoms with Crippen LogP contribution < -0.4 is 5.73 Å². The Kier molecular flexibility index (Phi) is 5.43.